The van der Waals surface area contributed by atoms with Gasteiger partial charge in [-0.15, -0.1) is 0 Å². The molecule has 0 bridgehead atoms. The summed E-state index contributed by atoms with van der Waals surface area (Å²) in [4.78, 5) is 17.2. The molecule has 0 atom stereocenters. The minimum absolute atomic E-state index is 0.177. The molecule has 0 unspecified atom stereocenters. The van der Waals surface area contributed by atoms with Gasteiger partial charge in [0.25, 0.3) is 5.89 Å². The van der Waals surface area contributed by atoms with Gasteiger partial charge in [0.15, 0.2) is 0 Å². The summed E-state index contributed by atoms with van der Waals surface area (Å²) in [5.41, 5.74) is 2.33. The molecule has 1 aliphatic heterocycles. The van der Waals surface area contributed by atoms with E-state index >= 15 is 0 Å². The smallest absolute Gasteiger partial charge is 0.450 e. The van der Waals surface area contributed by atoms with E-state index < -0.39 is 6.16 Å². The van der Waals surface area contributed by atoms with Gasteiger partial charge in [0.1, 0.15) is 11.9 Å². The van der Waals surface area contributed by atoms with Crippen molar-refractivity contribution in [2.24, 2.45) is 0 Å². The van der Waals surface area contributed by atoms with Gasteiger partial charge in [-0.1, -0.05) is 66.5 Å². The Morgan fingerprint density at radius 2 is 1.91 bits per heavy atom. The maximum Gasteiger partial charge on any atom is 0.506 e. The number of benzene rings is 2. The number of allylic oxidation sites excluding steroid dienone is 1. The third-order valence-corrected chi connectivity index (χ3v) is 6.70. The van der Waals surface area contributed by atoms with Crippen molar-refractivity contribution in [3.8, 4) is 11.4 Å². The maximum absolute atomic E-state index is 14.5. The molecule has 1 saturated carbocycles. The van der Waals surface area contributed by atoms with Crippen molar-refractivity contribution in [3.63, 3.8) is 0 Å². The number of ether oxygens (including phenoxy) is 1. The highest BCUT2D eigenvalue weighted by atomic mass is 19.1. The molecule has 1 saturated heterocycles. The van der Waals surface area contributed by atoms with E-state index in [1.807, 2.05) is 48.6 Å². The molecular formula is C26H26FN3O4. The van der Waals surface area contributed by atoms with E-state index in [0.717, 1.165) is 48.9 Å². The third kappa shape index (κ3) is 4.72. The summed E-state index contributed by atoms with van der Waals surface area (Å²) < 4.78 is 24.7. The normalized spacial score (nSPS) is 18.3. The second kappa shape index (κ2) is 9.38. The first kappa shape index (κ1) is 22.3. The molecule has 8 heteroatoms. The van der Waals surface area contributed by atoms with Crippen LogP contribution in [0.5, 0.6) is 0 Å². The van der Waals surface area contributed by atoms with Crippen molar-refractivity contribution in [3.05, 3.63) is 77.4 Å². The van der Waals surface area contributed by atoms with E-state index in [2.05, 4.69) is 15.0 Å². The second-order valence-corrected chi connectivity index (χ2v) is 9.03. The van der Waals surface area contributed by atoms with Gasteiger partial charge in [-0.3, -0.25) is 4.90 Å². The fourth-order valence-corrected chi connectivity index (χ4v) is 4.93. The van der Waals surface area contributed by atoms with E-state index in [1.165, 1.54) is 6.07 Å². The molecule has 1 N–H and O–H groups in total. The first-order valence-corrected chi connectivity index (χ1v) is 11.5. The number of aromatic nitrogens is 2. The summed E-state index contributed by atoms with van der Waals surface area (Å²) in [5.74, 6) is 0.715. The molecule has 2 aromatic carbocycles. The molecule has 0 radical (unpaired) electrons. The molecule has 7 nitrogen and oxygen atoms in total. The predicted molar refractivity (Wildman–Crippen MR) is 123 cm³/mol. The summed E-state index contributed by atoms with van der Waals surface area (Å²) in [6.07, 6.45) is 6.27. The first-order valence-electron chi connectivity index (χ1n) is 11.5. The van der Waals surface area contributed by atoms with Crippen molar-refractivity contribution < 1.29 is 23.6 Å². The van der Waals surface area contributed by atoms with Gasteiger partial charge in [-0.25, -0.2) is 9.18 Å². The summed E-state index contributed by atoms with van der Waals surface area (Å²) in [7, 11) is 0. The fourth-order valence-electron chi connectivity index (χ4n) is 4.93. The van der Waals surface area contributed by atoms with Crippen LogP contribution in [-0.4, -0.2) is 45.5 Å². The number of nitrogens with zero attached hydrogens (tertiary/aromatic N) is 3. The lowest BCUT2D eigenvalue weighted by atomic mass is 9.78. The molecule has 176 valence electrons. The van der Waals surface area contributed by atoms with Crippen molar-refractivity contribution in [1.29, 1.82) is 0 Å². The topological polar surface area (TPSA) is 88.7 Å². The molecule has 1 aromatic heterocycles. The van der Waals surface area contributed by atoms with Crippen molar-refractivity contribution in [2.75, 3.05) is 13.1 Å². The standard InChI is InChI=1S/C26H26FN3O4/c27-22-6-2-1-5-21(22)26(12-3-4-13-26)14-11-23-28-24(29-34-23)19-9-7-18(8-10-19)15-30-16-20(17-30)33-25(31)32/h1-2,5-11,14,20H,3-4,12-13,15-17H2,(H,31,32)/b14-11+. The van der Waals surface area contributed by atoms with E-state index in [1.54, 1.807) is 6.07 Å². The number of carboxylic acid groups (broad SMARTS) is 1. The van der Waals surface area contributed by atoms with Crippen molar-refractivity contribution in [1.82, 2.24) is 15.0 Å². The van der Waals surface area contributed by atoms with E-state index in [9.17, 15) is 9.18 Å². The van der Waals surface area contributed by atoms with E-state index in [0.29, 0.717) is 24.8 Å². The van der Waals surface area contributed by atoms with Gasteiger partial charge >= 0.3 is 6.16 Å². The third-order valence-electron chi connectivity index (χ3n) is 6.70. The number of hydrogen-bond acceptors (Lipinski definition) is 6. The van der Waals surface area contributed by atoms with Crippen LogP contribution in [0.25, 0.3) is 17.5 Å². The number of rotatable bonds is 7. The first-order chi connectivity index (χ1) is 16.5. The molecule has 0 spiro atoms. The Balaban J connectivity index is 1.24. The van der Waals surface area contributed by atoms with E-state index in [-0.39, 0.29) is 17.3 Å². The van der Waals surface area contributed by atoms with Crippen LogP contribution in [0.15, 0.2) is 59.1 Å². The average molecular weight is 464 g/mol. The molecule has 2 fully saturated rings. The molecule has 5 rings (SSSR count). The summed E-state index contributed by atoms with van der Waals surface area (Å²) >= 11 is 0. The van der Waals surface area contributed by atoms with Crippen LogP contribution in [-0.2, 0) is 16.7 Å². The number of hydrogen-bond donors (Lipinski definition) is 1. The lowest BCUT2D eigenvalue weighted by molar-refractivity contribution is -0.0363. The Bertz CT molecular complexity index is 1180. The van der Waals surface area contributed by atoms with E-state index in [4.69, 9.17) is 14.4 Å². The minimum Gasteiger partial charge on any atom is -0.450 e. The number of likely N-dealkylation sites (tertiary alicyclic amines) is 1. The minimum atomic E-state index is -1.23. The predicted octanol–water partition coefficient (Wildman–Crippen LogP) is 5.28. The molecule has 0 amide bonds. The van der Waals surface area contributed by atoms with Crippen LogP contribution >= 0.6 is 0 Å². The Morgan fingerprint density at radius 1 is 1.18 bits per heavy atom. The van der Waals surface area contributed by atoms with Crippen LogP contribution in [0.3, 0.4) is 0 Å². The van der Waals surface area contributed by atoms with Gasteiger partial charge in [0.2, 0.25) is 5.82 Å². The van der Waals surface area contributed by atoms with Crippen LogP contribution in [0.1, 0.15) is 42.7 Å². The van der Waals surface area contributed by atoms with Gasteiger partial charge in [0.05, 0.1) is 0 Å². The van der Waals surface area contributed by atoms with Crippen LogP contribution < -0.4 is 0 Å². The maximum atomic E-state index is 14.5. The molecule has 2 aliphatic rings. The Labute approximate surface area is 196 Å². The summed E-state index contributed by atoms with van der Waals surface area (Å²) in [6.45, 7) is 1.92. The molecule has 1 aliphatic carbocycles. The Morgan fingerprint density at radius 3 is 2.62 bits per heavy atom. The monoisotopic (exact) mass is 463 g/mol. The zero-order valence-corrected chi connectivity index (χ0v) is 18.7. The quantitative estimate of drug-likeness (QED) is 0.477. The van der Waals surface area contributed by atoms with Gasteiger partial charge < -0.3 is 14.4 Å². The highest BCUT2D eigenvalue weighted by Gasteiger charge is 2.35. The molecular weight excluding hydrogens is 437 g/mol. The largest absolute Gasteiger partial charge is 0.506 e. The Hall–Kier alpha value is -3.52. The van der Waals surface area contributed by atoms with Crippen molar-refractivity contribution in [2.45, 2.75) is 43.7 Å². The van der Waals surface area contributed by atoms with Crippen LogP contribution in [0.4, 0.5) is 9.18 Å². The van der Waals surface area contributed by atoms with Crippen LogP contribution in [0.2, 0.25) is 0 Å². The molecule has 34 heavy (non-hydrogen) atoms. The van der Waals surface area contributed by atoms with Crippen LogP contribution in [0, 0.1) is 5.82 Å². The van der Waals surface area contributed by atoms with Gasteiger partial charge in [-0.2, -0.15) is 4.98 Å². The second-order valence-electron chi connectivity index (χ2n) is 9.03. The van der Waals surface area contributed by atoms with Gasteiger partial charge in [0, 0.05) is 36.7 Å². The lowest BCUT2D eigenvalue weighted by Gasteiger charge is -2.37. The zero-order chi connectivity index (χ0) is 23.5. The SMILES string of the molecule is O=C(O)OC1CN(Cc2ccc(-c3noc(/C=C/C4(c5ccccc5F)CCCC4)n3)cc2)C1. The van der Waals surface area contributed by atoms with Crippen molar-refractivity contribution >= 4 is 12.2 Å². The highest BCUT2D eigenvalue weighted by Crippen LogP contribution is 2.43. The number of halogens is 1. The lowest BCUT2D eigenvalue weighted by Crippen LogP contribution is -2.52. The number of carbonyl (C=O) groups is 1. The molecule has 2 heterocycles. The highest BCUT2D eigenvalue weighted by molar-refractivity contribution is 5.57. The average Bonchev–Trinajstić information content (AvgIpc) is 3.47. The zero-order valence-electron chi connectivity index (χ0n) is 18.7. The Kier molecular flexibility index (Phi) is 6.15. The summed E-state index contributed by atoms with van der Waals surface area (Å²) in [5, 5.41) is 12.8. The fraction of sp³-hybridized carbons (Fsp3) is 0.346. The molecule has 3 aromatic rings. The summed E-state index contributed by atoms with van der Waals surface area (Å²) in [6, 6.07) is 14.9. The van der Waals surface area contributed by atoms with Gasteiger partial charge in [-0.05, 0) is 30.0 Å².